The molecular weight excluding hydrogens is 234 g/mol. The van der Waals surface area contributed by atoms with Gasteiger partial charge in [0.25, 0.3) is 0 Å². The topological polar surface area (TPSA) is 39.2 Å². The Morgan fingerprint density at radius 2 is 2.12 bits per heavy atom. The molecular formula is C13H19NO2S. The van der Waals surface area contributed by atoms with Gasteiger partial charge in [0.2, 0.25) is 0 Å². The normalized spacial score (nSPS) is 19.8. The molecule has 0 atom stereocenters. The van der Waals surface area contributed by atoms with Crippen molar-refractivity contribution in [2.45, 2.75) is 51.0 Å². The Morgan fingerprint density at radius 3 is 2.65 bits per heavy atom. The lowest BCUT2D eigenvalue weighted by Gasteiger charge is -2.30. The van der Waals surface area contributed by atoms with Crippen molar-refractivity contribution in [3.63, 3.8) is 0 Å². The molecule has 1 aliphatic rings. The van der Waals surface area contributed by atoms with Gasteiger partial charge in [-0.05, 0) is 19.8 Å². The van der Waals surface area contributed by atoms with Crippen molar-refractivity contribution in [2.24, 2.45) is 0 Å². The minimum absolute atomic E-state index is 0.225. The fourth-order valence-electron chi connectivity index (χ4n) is 2.55. The largest absolute Gasteiger partial charge is 0.368 e. The first-order valence-corrected chi connectivity index (χ1v) is 7.24. The number of thiazole rings is 1. The molecule has 17 heavy (non-hydrogen) atoms. The summed E-state index contributed by atoms with van der Waals surface area (Å²) in [4.78, 5) is 15.1. The second-order valence-electron chi connectivity index (χ2n) is 4.54. The van der Waals surface area contributed by atoms with Crippen LogP contribution in [0, 0.1) is 0 Å². The van der Waals surface area contributed by atoms with Crippen molar-refractivity contribution >= 4 is 17.6 Å². The quantitative estimate of drug-likeness (QED) is 0.608. The van der Waals surface area contributed by atoms with E-state index in [0.717, 1.165) is 24.1 Å². The van der Waals surface area contributed by atoms with Crippen molar-refractivity contribution in [3.8, 4) is 0 Å². The van der Waals surface area contributed by atoms with Crippen LogP contribution in [0.4, 0.5) is 0 Å². The molecule has 1 aromatic heterocycles. The molecule has 0 bridgehead atoms. The van der Waals surface area contributed by atoms with Gasteiger partial charge in [-0.2, -0.15) is 0 Å². The fraction of sp³-hybridized carbons (Fsp3) is 0.692. The van der Waals surface area contributed by atoms with Crippen LogP contribution in [0.1, 0.15) is 60.9 Å². The van der Waals surface area contributed by atoms with Gasteiger partial charge in [0.05, 0.1) is 0 Å². The molecule has 1 fully saturated rings. The SMILES string of the molecule is CCOC1(c2nc(C=O)cs2)CCCCCC1. The average molecular weight is 253 g/mol. The number of carbonyl (C=O) groups is 1. The van der Waals surface area contributed by atoms with Crippen LogP contribution in [0.2, 0.25) is 0 Å². The first-order valence-electron chi connectivity index (χ1n) is 6.36. The van der Waals surface area contributed by atoms with Crippen molar-refractivity contribution in [1.29, 1.82) is 0 Å². The monoisotopic (exact) mass is 253 g/mol. The maximum Gasteiger partial charge on any atom is 0.169 e. The van der Waals surface area contributed by atoms with E-state index in [0.29, 0.717) is 12.3 Å². The zero-order valence-corrected chi connectivity index (χ0v) is 11.1. The fourth-order valence-corrected chi connectivity index (χ4v) is 3.52. The molecule has 0 spiro atoms. The maximum atomic E-state index is 10.7. The van der Waals surface area contributed by atoms with Gasteiger partial charge >= 0.3 is 0 Å². The second-order valence-corrected chi connectivity index (χ2v) is 5.39. The summed E-state index contributed by atoms with van der Waals surface area (Å²) >= 11 is 1.56. The molecule has 0 unspecified atom stereocenters. The Balaban J connectivity index is 2.27. The van der Waals surface area contributed by atoms with Gasteiger partial charge < -0.3 is 4.74 Å². The van der Waals surface area contributed by atoms with Gasteiger partial charge in [0.1, 0.15) is 16.3 Å². The highest BCUT2D eigenvalue weighted by atomic mass is 32.1. The number of hydrogen-bond donors (Lipinski definition) is 0. The third kappa shape index (κ3) is 2.75. The molecule has 0 aliphatic heterocycles. The zero-order valence-electron chi connectivity index (χ0n) is 10.3. The van der Waals surface area contributed by atoms with E-state index in [4.69, 9.17) is 4.74 Å². The van der Waals surface area contributed by atoms with Crippen LogP contribution in [0.5, 0.6) is 0 Å². The molecule has 4 heteroatoms. The third-order valence-electron chi connectivity index (χ3n) is 3.36. The summed E-state index contributed by atoms with van der Waals surface area (Å²) in [5.74, 6) is 0. The molecule has 3 nitrogen and oxygen atoms in total. The van der Waals surface area contributed by atoms with Crippen LogP contribution < -0.4 is 0 Å². The highest BCUT2D eigenvalue weighted by Crippen LogP contribution is 2.40. The molecule has 0 radical (unpaired) electrons. The summed E-state index contributed by atoms with van der Waals surface area (Å²) in [7, 11) is 0. The Kier molecular flexibility index (Phi) is 4.29. The van der Waals surface area contributed by atoms with Crippen LogP contribution in [0.15, 0.2) is 5.38 Å². The van der Waals surface area contributed by atoms with Gasteiger partial charge in [0.15, 0.2) is 6.29 Å². The molecule has 2 rings (SSSR count). The lowest BCUT2D eigenvalue weighted by Crippen LogP contribution is -2.29. The van der Waals surface area contributed by atoms with Gasteiger partial charge in [-0.25, -0.2) is 4.98 Å². The standard InChI is InChI=1S/C13H19NO2S/c1-2-16-13(7-5-3-4-6-8-13)12-14-11(9-15)10-17-12/h9-10H,2-8H2,1H3. The van der Waals surface area contributed by atoms with Gasteiger partial charge in [-0.1, -0.05) is 25.7 Å². The summed E-state index contributed by atoms with van der Waals surface area (Å²) in [5.41, 5.74) is 0.310. The minimum atomic E-state index is -0.225. The number of carbonyl (C=O) groups excluding carboxylic acids is 1. The van der Waals surface area contributed by atoms with E-state index in [1.165, 1.54) is 25.7 Å². The molecule has 1 saturated carbocycles. The van der Waals surface area contributed by atoms with E-state index < -0.39 is 0 Å². The molecule has 0 N–H and O–H groups in total. The lowest BCUT2D eigenvalue weighted by atomic mass is 9.95. The smallest absolute Gasteiger partial charge is 0.169 e. The number of aromatic nitrogens is 1. The maximum absolute atomic E-state index is 10.7. The van der Waals surface area contributed by atoms with Crippen molar-refractivity contribution in [1.82, 2.24) is 4.98 Å². The van der Waals surface area contributed by atoms with Gasteiger partial charge in [-0.15, -0.1) is 11.3 Å². The Hall–Kier alpha value is -0.740. The molecule has 94 valence electrons. The zero-order chi connectivity index (χ0) is 12.1. The van der Waals surface area contributed by atoms with Crippen LogP contribution in [-0.2, 0) is 10.3 Å². The highest BCUT2D eigenvalue weighted by molar-refractivity contribution is 7.10. The number of hydrogen-bond acceptors (Lipinski definition) is 4. The third-order valence-corrected chi connectivity index (χ3v) is 4.41. The predicted octanol–water partition coefficient (Wildman–Crippen LogP) is 3.54. The van der Waals surface area contributed by atoms with Crippen molar-refractivity contribution < 1.29 is 9.53 Å². The molecule has 1 aromatic rings. The van der Waals surface area contributed by atoms with Gasteiger partial charge in [-0.3, -0.25) is 4.79 Å². The number of ether oxygens (including phenoxy) is 1. The van der Waals surface area contributed by atoms with Gasteiger partial charge in [0, 0.05) is 12.0 Å². The van der Waals surface area contributed by atoms with Crippen molar-refractivity contribution in [3.05, 3.63) is 16.1 Å². The van der Waals surface area contributed by atoms with E-state index in [9.17, 15) is 4.79 Å². The first kappa shape index (κ1) is 12.7. The summed E-state index contributed by atoms with van der Waals surface area (Å²) in [6, 6.07) is 0. The number of aldehydes is 1. The van der Waals surface area contributed by atoms with E-state index >= 15 is 0 Å². The number of rotatable bonds is 4. The van der Waals surface area contributed by atoms with Crippen LogP contribution in [0.3, 0.4) is 0 Å². The Morgan fingerprint density at radius 1 is 1.41 bits per heavy atom. The predicted molar refractivity (Wildman–Crippen MR) is 68.5 cm³/mol. The minimum Gasteiger partial charge on any atom is -0.368 e. The Bertz CT molecular complexity index is 367. The van der Waals surface area contributed by atoms with E-state index in [1.54, 1.807) is 11.3 Å². The van der Waals surface area contributed by atoms with Crippen LogP contribution >= 0.6 is 11.3 Å². The Labute approximate surface area is 106 Å². The summed E-state index contributed by atoms with van der Waals surface area (Å²) in [5, 5.41) is 2.82. The highest BCUT2D eigenvalue weighted by Gasteiger charge is 2.36. The molecule has 0 saturated heterocycles. The second kappa shape index (κ2) is 5.74. The molecule has 0 aromatic carbocycles. The summed E-state index contributed by atoms with van der Waals surface area (Å²) in [6.07, 6.45) is 7.82. The molecule has 1 aliphatic carbocycles. The van der Waals surface area contributed by atoms with Crippen LogP contribution in [0.25, 0.3) is 0 Å². The van der Waals surface area contributed by atoms with E-state index in [2.05, 4.69) is 4.98 Å². The molecule has 0 amide bonds. The average Bonchev–Trinajstić information content (AvgIpc) is 2.71. The number of nitrogens with zero attached hydrogens (tertiary/aromatic N) is 1. The first-order chi connectivity index (χ1) is 8.30. The van der Waals surface area contributed by atoms with E-state index in [1.807, 2.05) is 12.3 Å². The molecule has 1 heterocycles. The van der Waals surface area contributed by atoms with E-state index in [-0.39, 0.29) is 5.60 Å². The summed E-state index contributed by atoms with van der Waals surface area (Å²) in [6.45, 7) is 2.73. The van der Waals surface area contributed by atoms with Crippen molar-refractivity contribution in [2.75, 3.05) is 6.61 Å². The lowest BCUT2D eigenvalue weighted by molar-refractivity contribution is -0.0560. The van der Waals surface area contributed by atoms with Crippen LogP contribution in [-0.4, -0.2) is 17.9 Å². The summed E-state index contributed by atoms with van der Waals surface area (Å²) < 4.78 is 6.03.